The molecule has 0 fully saturated rings. The number of rotatable bonds is 8. The van der Waals surface area contributed by atoms with Crippen molar-refractivity contribution in [3.63, 3.8) is 0 Å². The molecular weight excluding hydrogens is 471 g/mol. The van der Waals surface area contributed by atoms with Crippen LogP contribution in [0.3, 0.4) is 0 Å². The van der Waals surface area contributed by atoms with Crippen molar-refractivity contribution in [3.05, 3.63) is 75.4 Å². The number of esters is 1. The van der Waals surface area contributed by atoms with Crippen LogP contribution in [0.1, 0.15) is 29.8 Å². The quantitative estimate of drug-likeness (QED) is 0.180. The van der Waals surface area contributed by atoms with Crippen LogP contribution >= 0.6 is 11.6 Å². The molecule has 1 unspecified atom stereocenters. The minimum atomic E-state index is -4.80. The number of alkyl halides is 4. The lowest BCUT2D eigenvalue weighted by Crippen LogP contribution is -2.34. The van der Waals surface area contributed by atoms with Gasteiger partial charge in [0.05, 0.1) is 23.1 Å². The second-order valence-electron chi connectivity index (χ2n) is 6.57. The Hall–Kier alpha value is -3.60. The van der Waals surface area contributed by atoms with E-state index >= 15 is 0 Å². The standard InChI is InChI=1S/C21H17ClF3NO7/c1-3-32-19(29)21(22,12(2)11-20(23,24)25)15-6-4-5-7-17(15)33-13-8-9-16(26(30)31)14(10-13)18(27)28/h4-11H,3H2,1-2H3,(H,27,28)/p-1. The fraction of sp³-hybridized carbons (Fsp3) is 0.238. The van der Waals surface area contributed by atoms with E-state index in [1.807, 2.05) is 0 Å². The summed E-state index contributed by atoms with van der Waals surface area (Å²) in [6.45, 7) is 2.26. The van der Waals surface area contributed by atoms with Crippen LogP contribution in [0.25, 0.3) is 0 Å². The molecule has 8 nitrogen and oxygen atoms in total. The van der Waals surface area contributed by atoms with Crippen molar-refractivity contribution in [1.29, 1.82) is 0 Å². The van der Waals surface area contributed by atoms with Gasteiger partial charge in [-0.1, -0.05) is 29.8 Å². The number of benzene rings is 2. The lowest BCUT2D eigenvalue weighted by atomic mass is 9.89. The minimum Gasteiger partial charge on any atom is -0.545 e. The lowest BCUT2D eigenvalue weighted by Gasteiger charge is -2.28. The number of nitro benzene ring substituents is 1. The van der Waals surface area contributed by atoms with E-state index in [1.165, 1.54) is 31.2 Å². The number of para-hydroxylation sites is 1. The number of carbonyl (C=O) groups is 2. The second kappa shape index (κ2) is 9.90. The van der Waals surface area contributed by atoms with E-state index < -0.39 is 44.7 Å². The maximum absolute atomic E-state index is 13.0. The maximum Gasteiger partial charge on any atom is 0.409 e. The number of nitrogens with zero attached hydrogens (tertiary/aromatic N) is 1. The van der Waals surface area contributed by atoms with E-state index in [2.05, 4.69) is 0 Å². The smallest absolute Gasteiger partial charge is 0.409 e. The van der Waals surface area contributed by atoms with Crippen molar-refractivity contribution in [2.24, 2.45) is 0 Å². The van der Waals surface area contributed by atoms with E-state index in [1.54, 1.807) is 0 Å². The molecular formula is C21H16ClF3NO7-. The van der Waals surface area contributed by atoms with Gasteiger partial charge < -0.3 is 19.4 Å². The third-order valence-corrected chi connectivity index (χ3v) is 5.01. The molecule has 2 aromatic carbocycles. The number of hydrogen-bond acceptors (Lipinski definition) is 7. The summed E-state index contributed by atoms with van der Waals surface area (Å²) in [7, 11) is 0. The van der Waals surface area contributed by atoms with Crippen LogP contribution in [0, 0.1) is 10.1 Å². The summed E-state index contributed by atoms with van der Waals surface area (Å²) in [5.74, 6) is -3.48. The highest BCUT2D eigenvalue weighted by Gasteiger charge is 2.45. The molecule has 0 aliphatic rings. The molecule has 0 saturated heterocycles. The average Bonchev–Trinajstić information content (AvgIpc) is 2.72. The molecule has 0 saturated carbocycles. The largest absolute Gasteiger partial charge is 0.545 e. The molecule has 12 heteroatoms. The Labute approximate surface area is 190 Å². The number of allylic oxidation sites excluding steroid dienone is 1. The predicted molar refractivity (Wildman–Crippen MR) is 108 cm³/mol. The van der Waals surface area contributed by atoms with E-state index in [4.69, 9.17) is 21.1 Å². The van der Waals surface area contributed by atoms with Gasteiger partial charge >= 0.3 is 12.1 Å². The number of ether oxygens (including phenoxy) is 2. The van der Waals surface area contributed by atoms with Gasteiger partial charge in [-0.3, -0.25) is 10.1 Å². The van der Waals surface area contributed by atoms with Gasteiger partial charge in [0.15, 0.2) is 4.87 Å². The molecule has 1 atom stereocenters. The molecule has 0 spiro atoms. The highest BCUT2D eigenvalue weighted by molar-refractivity contribution is 6.36. The first-order valence-electron chi connectivity index (χ1n) is 9.21. The molecule has 0 aromatic heterocycles. The van der Waals surface area contributed by atoms with Gasteiger partial charge in [-0.25, -0.2) is 4.79 Å². The molecule has 0 amide bonds. The Morgan fingerprint density at radius 3 is 2.36 bits per heavy atom. The van der Waals surface area contributed by atoms with Crippen molar-refractivity contribution >= 4 is 29.2 Å². The molecule has 0 N–H and O–H groups in total. The summed E-state index contributed by atoms with van der Waals surface area (Å²) in [5.41, 5.74) is -2.37. The van der Waals surface area contributed by atoms with Crippen LogP contribution in [0.4, 0.5) is 18.9 Å². The number of carboxylic acids is 1. The highest BCUT2D eigenvalue weighted by atomic mass is 35.5. The van der Waals surface area contributed by atoms with Crippen LogP contribution in [0.5, 0.6) is 11.5 Å². The summed E-state index contributed by atoms with van der Waals surface area (Å²) < 4.78 is 49.6. The van der Waals surface area contributed by atoms with Gasteiger partial charge in [-0.15, -0.1) is 0 Å². The van der Waals surface area contributed by atoms with Crippen molar-refractivity contribution in [2.75, 3.05) is 6.61 Å². The predicted octanol–water partition coefficient (Wildman–Crippen LogP) is 4.26. The summed E-state index contributed by atoms with van der Waals surface area (Å²) in [6.07, 6.45) is -4.94. The van der Waals surface area contributed by atoms with E-state index in [0.717, 1.165) is 25.1 Å². The van der Waals surface area contributed by atoms with Crippen LogP contribution in [-0.4, -0.2) is 29.6 Å². The van der Waals surface area contributed by atoms with Crippen molar-refractivity contribution in [1.82, 2.24) is 0 Å². The summed E-state index contributed by atoms with van der Waals surface area (Å²) in [6, 6.07) is 8.06. The van der Waals surface area contributed by atoms with Gasteiger partial charge in [0, 0.05) is 17.7 Å². The van der Waals surface area contributed by atoms with Crippen molar-refractivity contribution in [2.45, 2.75) is 24.9 Å². The fourth-order valence-corrected chi connectivity index (χ4v) is 3.19. The topological polar surface area (TPSA) is 119 Å². The van der Waals surface area contributed by atoms with E-state index in [0.29, 0.717) is 0 Å². The van der Waals surface area contributed by atoms with E-state index in [9.17, 15) is 38.0 Å². The molecule has 2 aromatic rings. The van der Waals surface area contributed by atoms with Crippen LogP contribution in [0.15, 0.2) is 54.1 Å². The highest BCUT2D eigenvalue weighted by Crippen LogP contribution is 2.45. The summed E-state index contributed by atoms with van der Waals surface area (Å²) >= 11 is 6.45. The number of aromatic carboxylic acids is 1. The zero-order valence-corrected chi connectivity index (χ0v) is 17.9. The maximum atomic E-state index is 13.0. The summed E-state index contributed by atoms with van der Waals surface area (Å²) in [5, 5.41) is 22.3. The van der Waals surface area contributed by atoms with Crippen molar-refractivity contribution < 1.29 is 42.3 Å². The van der Waals surface area contributed by atoms with Gasteiger partial charge in [-0.05, 0) is 37.6 Å². The number of carboxylic acid groups (broad SMARTS) is 1. The van der Waals surface area contributed by atoms with Crippen LogP contribution < -0.4 is 9.84 Å². The van der Waals surface area contributed by atoms with Gasteiger partial charge in [0.1, 0.15) is 11.5 Å². The zero-order valence-electron chi connectivity index (χ0n) is 17.1. The molecule has 0 heterocycles. The molecule has 2 rings (SSSR count). The van der Waals surface area contributed by atoms with Crippen LogP contribution in [0.2, 0.25) is 0 Å². The minimum absolute atomic E-state index is 0.145. The molecule has 0 radical (unpaired) electrons. The van der Waals surface area contributed by atoms with Gasteiger partial charge in [-0.2, -0.15) is 13.2 Å². The van der Waals surface area contributed by atoms with Gasteiger partial charge in [0.2, 0.25) is 0 Å². The molecule has 0 aliphatic carbocycles. The number of halogens is 4. The summed E-state index contributed by atoms with van der Waals surface area (Å²) in [4.78, 5) is 31.6. The average molecular weight is 487 g/mol. The normalized spacial score (nSPS) is 13.7. The Morgan fingerprint density at radius 2 is 1.82 bits per heavy atom. The van der Waals surface area contributed by atoms with E-state index in [-0.39, 0.29) is 29.7 Å². The number of nitro groups is 1. The first-order valence-corrected chi connectivity index (χ1v) is 9.59. The second-order valence-corrected chi connectivity index (χ2v) is 7.14. The number of carbonyl (C=O) groups excluding carboxylic acids is 2. The van der Waals surface area contributed by atoms with Crippen LogP contribution in [-0.2, 0) is 14.4 Å². The monoisotopic (exact) mass is 486 g/mol. The Balaban J connectivity index is 2.65. The molecule has 176 valence electrons. The molecule has 0 aliphatic heterocycles. The Morgan fingerprint density at radius 1 is 1.18 bits per heavy atom. The molecule has 33 heavy (non-hydrogen) atoms. The lowest BCUT2D eigenvalue weighted by molar-refractivity contribution is -0.385. The SMILES string of the molecule is CCOC(=O)C(Cl)(C(C)=CC(F)(F)F)c1ccccc1Oc1ccc([N+](=O)[O-])c(C(=O)[O-])c1. The fourth-order valence-electron chi connectivity index (χ4n) is 2.93. The third kappa shape index (κ3) is 5.80. The first kappa shape index (κ1) is 25.7. The third-order valence-electron chi connectivity index (χ3n) is 4.35. The Bertz CT molecular complexity index is 1120. The van der Waals surface area contributed by atoms with Gasteiger partial charge in [0.25, 0.3) is 5.69 Å². The number of hydrogen-bond donors (Lipinski definition) is 0. The zero-order chi connectivity index (χ0) is 25.0. The first-order chi connectivity index (χ1) is 15.3. The Kier molecular flexibility index (Phi) is 7.70. The molecule has 0 bridgehead atoms. The van der Waals surface area contributed by atoms with Crippen molar-refractivity contribution in [3.8, 4) is 11.5 Å².